The van der Waals surface area contributed by atoms with Gasteiger partial charge in [-0.1, -0.05) is 46.3 Å². The second kappa shape index (κ2) is 7.83. The van der Waals surface area contributed by atoms with Crippen molar-refractivity contribution in [3.05, 3.63) is 35.8 Å². The number of rotatable bonds is 3. The van der Waals surface area contributed by atoms with E-state index in [1.165, 1.54) is 37.7 Å². The van der Waals surface area contributed by atoms with E-state index in [4.69, 9.17) is 8.84 Å². The highest BCUT2D eigenvalue weighted by Crippen LogP contribution is 2.67. The van der Waals surface area contributed by atoms with Crippen LogP contribution in [0, 0.1) is 28.6 Å². The zero-order valence-corrected chi connectivity index (χ0v) is 23.0. The number of fused-ring (bicyclic) bond motifs is 5. The molecule has 1 heterocycles. The monoisotopic (exact) mass is 470 g/mol. The van der Waals surface area contributed by atoms with Gasteiger partial charge in [0.05, 0.1) is 18.6 Å². The lowest BCUT2D eigenvalue weighted by molar-refractivity contribution is -0.0767. The molecule has 4 aliphatic rings. The first-order valence-electron chi connectivity index (χ1n) is 13.5. The summed E-state index contributed by atoms with van der Waals surface area (Å²) in [6.07, 6.45) is 14.7. The normalized spacial score (nSPS) is 43.5. The van der Waals surface area contributed by atoms with Gasteiger partial charge in [0.25, 0.3) is 0 Å². The third-order valence-corrected chi connectivity index (χ3v) is 15.8. The van der Waals surface area contributed by atoms with Gasteiger partial charge < -0.3 is 13.9 Å². The van der Waals surface area contributed by atoms with Gasteiger partial charge in [-0.2, -0.15) is 0 Å². The van der Waals surface area contributed by atoms with E-state index < -0.39 is 8.32 Å². The molecule has 5 rings (SSSR count). The number of hydrogen-bond acceptors (Lipinski definition) is 3. The van der Waals surface area contributed by atoms with Crippen molar-refractivity contribution in [1.82, 2.24) is 0 Å². The van der Waals surface area contributed by atoms with E-state index in [0.717, 1.165) is 12.8 Å². The van der Waals surface area contributed by atoms with Crippen LogP contribution in [0.4, 0.5) is 0 Å². The van der Waals surface area contributed by atoms with Crippen LogP contribution in [0.15, 0.2) is 34.7 Å². The minimum absolute atomic E-state index is 0.0769. The maximum absolute atomic E-state index is 10.9. The second-order valence-corrected chi connectivity index (χ2v) is 18.6. The van der Waals surface area contributed by atoms with Crippen LogP contribution in [0.5, 0.6) is 0 Å². The molecular formula is C29H46O3Si. The maximum atomic E-state index is 10.9. The fourth-order valence-electron chi connectivity index (χ4n) is 8.10. The Bertz CT molecular complexity index is 896. The molecule has 4 aliphatic carbocycles. The molecule has 33 heavy (non-hydrogen) atoms. The number of allylic oxidation sites excluding steroid dienone is 1. The van der Waals surface area contributed by atoms with Gasteiger partial charge >= 0.3 is 0 Å². The zero-order valence-electron chi connectivity index (χ0n) is 22.0. The summed E-state index contributed by atoms with van der Waals surface area (Å²) in [4.78, 5) is 0. The Balaban J connectivity index is 1.50. The molecule has 0 aliphatic heterocycles. The highest BCUT2D eigenvalue weighted by atomic mass is 28.4. The lowest BCUT2D eigenvalue weighted by Crippen LogP contribution is -2.54. The first kappa shape index (κ1) is 23.9. The quantitative estimate of drug-likeness (QED) is 0.364. The van der Waals surface area contributed by atoms with Crippen molar-refractivity contribution in [2.24, 2.45) is 28.6 Å². The van der Waals surface area contributed by atoms with Gasteiger partial charge in [0.1, 0.15) is 0 Å². The van der Waals surface area contributed by atoms with E-state index in [0.29, 0.717) is 29.8 Å². The van der Waals surface area contributed by atoms with Gasteiger partial charge in [-0.15, -0.1) is 0 Å². The van der Waals surface area contributed by atoms with E-state index in [2.05, 4.69) is 59.9 Å². The fourth-order valence-corrected chi connectivity index (χ4v) is 9.49. The van der Waals surface area contributed by atoms with E-state index in [1.54, 1.807) is 5.57 Å². The SMILES string of the molecule is CC(C)(C)[Si](C)(C)O[C@H]1CC[C@@]2(C)C(=C[C@@H](c3ccoc3)[C@H]3[C@@H]4CC[C@H](O)[C@@]4(C)CC[C@@H]32)C1. The second-order valence-electron chi connectivity index (χ2n) is 13.9. The first-order valence-corrected chi connectivity index (χ1v) is 16.4. The van der Waals surface area contributed by atoms with Crippen LogP contribution in [0.1, 0.15) is 91.0 Å². The molecule has 0 aromatic carbocycles. The molecule has 0 spiro atoms. The standard InChI is InChI=1S/C29H46O3Si/c1-27(2,3)33(6,7)32-21-10-13-28(4)20(16-21)17-22(19-12-15-31-18-19)26-23-8-9-25(30)29(23,5)14-11-24(26)28/h12,15,17-18,21-26,30H,8-11,13-14,16H2,1-7H3/t21-,22-,23-,24-,25-,26-,28-,29-/m0/s1. The van der Waals surface area contributed by atoms with Crippen LogP contribution >= 0.6 is 0 Å². The Morgan fingerprint density at radius 2 is 1.82 bits per heavy atom. The van der Waals surface area contributed by atoms with Gasteiger partial charge in [0, 0.05) is 12.0 Å². The molecule has 0 radical (unpaired) electrons. The lowest BCUT2D eigenvalue weighted by atomic mass is 9.45. The molecule has 1 aromatic heterocycles. The summed E-state index contributed by atoms with van der Waals surface area (Å²) in [7, 11) is -1.78. The van der Waals surface area contributed by atoms with Crippen LogP contribution in [-0.2, 0) is 4.43 Å². The molecular weight excluding hydrogens is 424 g/mol. The molecule has 0 saturated heterocycles. The van der Waals surface area contributed by atoms with E-state index in [1.807, 2.05) is 12.5 Å². The van der Waals surface area contributed by atoms with E-state index in [9.17, 15) is 5.11 Å². The molecule has 0 bridgehead atoms. The minimum atomic E-state index is -1.78. The molecule has 184 valence electrons. The number of hydrogen-bond donors (Lipinski definition) is 1. The Morgan fingerprint density at radius 1 is 1.06 bits per heavy atom. The highest BCUT2D eigenvalue weighted by molar-refractivity contribution is 6.74. The summed E-state index contributed by atoms with van der Waals surface area (Å²) in [5, 5.41) is 11.2. The number of furan rings is 1. The Labute approximate surface area is 202 Å². The topological polar surface area (TPSA) is 42.6 Å². The summed E-state index contributed by atoms with van der Waals surface area (Å²) < 4.78 is 12.5. The minimum Gasteiger partial charge on any atom is -0.472 e. The smallest absolute Gasteiger partial charge is 0.192 e. The van der Waals surface area contributed by atoms with Crippen molar-refractivity contribution in [2.75, 3.05) is 0 Å². The number of aliphatic hydroxyl groups is 1. The Morgan fingerprint density at radius 3 is 2.48 bits per heavy atom. The summed E-state index contributed by atoms with van der Waals surface area (Å²) in [5.41, 5.74) is 3.32. The van der Waals surface area contributed by atoms with Gasteiger partial charge in [-0.3, -0.25) is 0 Å². The van der Waals surface area contributed by atoms with Crippen molar-refractivity contribution in [2.45, 2.75) is 116 Å². The van der Waals surface area contributed by atoms with Crippen LogP contribution in [0.25, 0.3) is 0 Å². The molecule has 3 fully saturated rings. The van der Waals surface area contributed by atoms with E-state index in [-0.39, 0.29) is 22.0 Å². The van der Waals surface area contributed by atoms with Gasteiger partial charge in [-0.25, -0.2) is 0 Å². The molecule has 4 heteroatoms. The van der Waals surface area contributed by atoms with Crippen molar-refractivity contribution in [3.8, 4) is 0 Å². The Kier molecular flexibility index (Phi) is 5.67. The first-order chi connectivity index (χ1) is 15.4. The van der Waals surface area contributed by atoms with Crippen molar-refractivity contribution >= 4 is 8.32 Å². The van der Waals surface area contributed by atoms with Crippen molar-refractivity contribution in [1.29, 1.82) is 0 Å². The maximum Gasteiger partial charge on any atom is 0.192 e. The summed E-state index contributed by atoms with van der Waals surface area (Å²) in [6.45, 7) is 16.8. The van der Waals surface area contributed by atoms with Gasteiger partial charge in [0.2, 0.25) is 0 Å². The summed E-state index contributed by atoms with van der Waals surface area (Å²) in [5.74, 6) is 2.29. The third kappa shape index (κ3) is 3.65. The zero-order chi connectivity index (χ0) is 23.8. The highest BCUT2D eigenvalue weighted by Gasteiger charge is 2.61. The van der Waals surface area contributed by atoms with Gasteiger partial charge in [-0.05, 0) is 103 Å². The molecule has 8 atom stereocenters. The predicted molar refractivity (Wildman–Crippen MR) is 137 cm³/mol. The fraction of sp³-hybridized carbons (Fsp3) is 0.793. The average Bonchev–Trinajstić information content (AvgIpc) is 3.35. The van der Waals surface area contributed by atoms with Gasteiger partial charge in [0.15, 0.2) is 8.32 Å². The third-order valence-electron chi connectivity index (χ3n) is 11.3. The van der Waals surface area contributed by atoms with Crippen LogP contribution < -0.4 is 0 Å². The lowest BCUT2D eigenvalue weighted by Gasteiger charge is -2.60. The average molecular weight is 471 g/mol. The predicted octanol–water partition coefficient (Wildman–Crippen LogP) is 7.69. The largest absolute Gasteiger partial charge is 0.472 e. The molecule has 3 nitrogen and oxygen atoms in total. The van der Waals surface area contributed by atoms with Crippen molar-refractivity contribution < 1.29 is 13.9 Å². The van der Waals surface area contributed by atoms with E-state index >= 15 is 0 Å². The van der Waals surface area contributed by atoms with Crippen LogP contribution in [-0.4, -0.2) is 25.6 Å². The summed E-state index contributed by atoms with van der Waals surface area (Å²) >= 11 is 0. The molecule has 3 saturated carbocycles. The molecule has 0 amide bonds. The van der Waals surface area contributed by atoms with Crippen LogP contribution in [0.3, 0.4) is 0 Å². The van der Waals surface area contributed by atoms with Crippen LogP contribution in [0.2, 0.25) is 18.1 Å². The Hall–Kier alpha value is -0.843. The molecule has 0 unspecified atom stereocenters. The van der Waals surface area contributed by atoms with Crippen molar-refractivity contribution in [3.63, 3.8) is 0 Å². The molecule has 1 N–H and O–H groups in total. The summed E-state index contributed by atoms with van der Waals surface area (Å²) in [6, 6.07) is 2.19. The number of aliphatic hydroxyl groups excluding tert-OH is 1. The molecule has 1 aromatic rings.